The van der Waals surface area contributed by atoms with Crippen LogP contribution in [0.2, 0.25) is 0 Å². The molecule has 0 saturated heterocycles. The highest BCUT2D eigenvalue weighted by Crippen LogP contribution is 2.12. The Morgan fingerprint density at radius 2 is 1.68 bits per heavy atom. The van der Waals surface area contributed by atoms with Crippen LogP contribution < -0.4 is 5.32 Å². The van der Waals surface area contributed by atoms with Gasteiger partial charge in [-0.3, -0.25) is 0 Å². The van der Waals surface area contributed by atoms with Crippen LogP contribution in [-0.4, -0.2) is 61.9 Å². The number of hydrogen-bond donors (Lipinski definition) is 3. The van der Waals surface area contributed by atoms with E-state index in [1.54, 1.807) is 7.11 Å². The molecule has 3 N–H and O–H groups in total. The SMILES string of the molecule is CCC(CC)C(O)CNCC(O)COC(C)COC. The molecule has 5 nitrogen and oxygen atoms in total. The first-order chi connectivity index (χ1) is 9.04. The summed E-state index contributed by atoms with van der Waals surface area (Å²) in [5.41, 5.74) is 0. The molecule has 5 heteroatoms. The number of ether oxygens (including phenoxy) is 2. The van der Waals surface area contributed by atoms with Gasteiger partial charge in [0.05, 0.1) is 31.5 Å². The van der Waals surface area contributed by atoms with Gasteiger partial charge in [0.2, 0.25) is 0 Å². The normalized spacial score (nSPS) is 16.6. The maximum Gasteiger partial charge on any atom is 0.0897 e. The molecule has 0 aliphatic rings. The summed E-state index contributed by atoms with van der Waals surface area (Å²) in [6, 6.07) is 0. The summed E-state index contributed by atoms with van der Waals surface area (Å²) >= 11 is 0. The summed E-state index contributed by atoms with van der Waals surface area (Å²) < 4.78 is 10.4. The highest BCUT2D eigenvalue weighted by atomic mass is 16.5. The van der Waals surface area contributed by atoms with Crippen molar-refractivity contribution in [3.05, 3.63) is 0 Å². The third-order valence-electron chi connectivity index (χ3n) is 3.30. The Balaban J connectivity index is 3.65. The standard InChI is InChI=1S/C14H31NO4/c1-5-12(6-2)14(17)8-15-7-13(16)10-19-11(3)9-18-4/h11-17H,5-10H2,1-4H3. The van der Waals surface area contributed by atoms with Gasteiger partial charge in [0.15, 0.2) is 0 Å². The molecule has 19 heavy (non-hydrogen) atoms. The van der Waals surface area contributed by atoms with E-state index < -0.39 is 6.10 Å². The molecule has 0 aliphatic carbocycles. The number of hydrogen-bond acceptors (Lipinski definition) is 5. The first kappa shape index (κ1) is 18.8. The van der Waals surface area contributed by atoms with Gasteiger partial charge in [-0.05, 0) is 12.8 Å². The van der Waals surface area contributed by atoms with E-state index in [0.717, 1.165) is 12.8 Å². The summed E-state index contributed by atoms with van der Waals surface area (Å²) in [6.07, 6.45) is 1.01. The number of rotatable bonds is 12. The molecule has 0 radical (unpaired) electrons. The van der Waals surface area contributed by atoms with Gasteiger partial charge in [-0.2, -0.15) is 0 Å². The zero-order valence-corrected chi connectivity index (χ0v) is 12.8. The van der Waals surface area contributed by atoms with Gasteiger partial charge in [0.1, 0.15) is 0 Å². The van der Waals surface area contributed by atoms with Gasteiger partial charge in [-0.15, -0.1) is 0 Å². The van der Waals surface area contributed by atoms with Crippen molar-refractivity contribution in [3.8, 4) is 0 Å². The molecule has 3 atom stereocenters. The second kappa shape index (κ2) is 11.6. The molecule has 0 aromatic rings. The van der Waals surface area contributed by atoms with E-state index in [2.05, 4.69) is 19.2 Å². The van der Waals surface area contributed by atoms with Crippen molar-refractivity contribution in [1.29, 1.82) is 0 Å². The van der Waals surface area contributed by atoms with E-state index in [1.807, 2.05) is 6.92 Å². The topological polar surface area (TPSA) is 71.0 Å². The Morgan fingerprint density at radius 1 is 1.05 bits per heavy atom. The number of nitrogens with one attached hydrogen (secondary N) is 1. The third-order valence-corrected chi connectivity index (χ3v) is 3.30. The highest BCUT2D eigenvalue weighted by molar-refractivity contribution is 4.70. The fourth-order valence-electron chi connectivity index (χ4n) is 2.01. The molecule has 0 heterocycles. The van der Waals surface area contributed by atoms with Gasteiger partial charge < -0.3 is 25.0 Å². The first-order valence-corrected chi connectivity index (χ1v) is 7.22. The maximum atomic E-state index is 9.92. The summed E-state index contributed by atoms with van der Waals surface area (Å²) in [5, 5.41) is 22.7. The van der Waals surface area contributed by atoms with Gasteiger partial charge in [-0.1, -0.05) is 26.7 Å². The van der Waals surface area contributed by atoms with Crippen LogP contribution in [0.5, 0.6) is 0 Å². The molecule has 0 spiro atoms. The van der Waals surface area contributed by atoms with Crippen molar-refractivity contribution in [1.82, 2.24) is 5.32 Å². The molecule has 0 amide bonds. The van der Waals surface area contributed by atoms with Crippen LogP contribution in [0.3, 0.4) is 0 Å². The van der Waals surface area contributed by atoms with Crippen molar-refractivity contribution >= 4 is 0 Å². The predicted molar refractivity (Wildman–Crippen MR) is 76.2 cm³/mol. The van der Waals surface area contributed by atoms with Crippen LogP contribution in [0.25, 0.3) is 0 Å². The van der Waals surface area contributed by atoms with Gasteiger partial charge in [-0.25, -0.2) is 0 Å². The van der Waals surface area contributed by atoms with E-state index in [4.69, 9.17) is 9.47 Å². The zero-order chi connectivity index (χ0) is 14.7. The first-order valence-electron chi connectivity index (χ1n) is 7.22. The molecule has 0 aromatic heterocycles. The molecule has 0 bridgehead atoms. The second-order valence-electron chi connectivity index (χ2n) is 5.06. The van der Waals surface area contributed by atoms with E-state index in [1.165, 1.54) is 0 Å². The minimum atomic E-state index is -0.562. The predicted octanol–water partition coefficient (Wildman–Crippen LogP) is 0.786. The molecule has 0 saturated carbocycles. The van der Waals surface area contributed by atoms with Gasteiger partial charge in [0, 0.05) is 20.2 Å². The van der Waals surface area contributed by atoms with Crippen LogP contribution in [0, 0.1) is 5.92 Å². The van der Waals surface area contributed by atoms with Crippen molar-refractivity contribution in [3.63, 3.8) is 0 Å². The zero-order valence-electron chi connectivity index (χ0n) is 12.8. The second-order valence-corrected chi connectivity index (χ2v) is 5.06. The summed E-state index contributed by atoms with van der Waals surface area (Å²) in [6.45, 7) is 7.80. The lowest BCUT2D eigenvalue weighted by atomic mass is 9.96. The molecule has 0 aliphatic heterocycles. The fourth-order valence-corrected chi connectivity index (χ4v) is 2.01. The third kappa shape index (κ3) is 9.35. The van der Waals surface area contributed by atoms with E-state index in [9.17, 15) is 10.2 Å². The van der Waals surface area contributed by atoms with Crippen LogP contribution in [0.1, 0.15) is 33.6 Å². The summed E-state index contributed by atoms with van der Waals surface area (Å²) in [5.74, 6) is 0.322. The van der Waals surface area contributed by atoms with Crippen LogP contribution in [0.15, 0.2) is 0 Å². The Kier molecular flexibility index (Phi) is 11.5. The van der Waals surface area contributed by atoms with E-state index in [-0.39, 0.29) is 18.8 Å². The number of aliphatic hydroxyl groups excluding tert-OH is 2. The molecule has 116 valence electrons. The Bertz CT molecular complexity index is 200. The summed E-state index contributed by atoms with van der Waals surface area (Å²) in [4.78, 5) is 0. The van der Waals surface area contributed by atoms with Gasteiger partial charge in [0.25, 0.3) is 0 Å². The highest BCUT2D eigenvalue weighted by Gasteiger charge is 2.15. The van der Waals surface area contributed by atoms with Gasteiger partial charge >= 0.3 is 0 Å². The fraction of sp³-hybridized carbons (Fsp3) is 1.00. The lowest BCUT2D eigenvalue weighted by molar-refractivity contribution is -0.0318. The van der Waals surface area contributed by atoms with Crippen molar-refractivity contribution in [2.24, 2.45) is 5.92 Å². The summed E-state index contributed by atoms with van der Waals surface area (Å²) in [7, 11) is 1.62. The smallest absolute Gasteiger partial charge is 0.0897 e. The maximum absolute atomic E-state index is 9.92. The average Bonchev–Trinajstić information content (AvgIpc) is 2.38. The van der Waals surface area contributed by atoms with Crippen molar-refractivity contribution in [2.45, 2.75) is 51.9 Å². The minimum absolute atomic E-state index is 0.0187. The largest absolute Gasteiger partial charge is 0.392 e. The minimum Gasteiger partial charge on any atom is -0.392 e. The van der Waals surface area contributed by atoms with Crippen LogP contribution in [-0.2, 0) is 9.47 Å². The monoisotopic (exact) mass is 277 g/mol. The quantitative estimate of drug-likeness (QED) is 0.492. The molecule has 3 unspecified atom stereocenters. The lowest BCUT2D eigenvalue weighted by Gasteiger charge is -2.21. The Hall–Kier alpha value is -0.200. The Morgan fingerprint density at radius 3 is 2.21 bits per heavy atom. The van der Waals surface area contributed by atoms with Crippen LogP contribution in [0.4, 0.5) is 0 Å². The Labute approximate surface area is 117 Å². The van der Waals surface area contributed by atoms with E-state index >= 15 is 0 Å². The molecule has 0 fully saturated rings. The van der Waals surface area contributed by atoms with Crippen molar-refractivity contribution in [2.75, 3.05) is 33.4 Å². The number of aliphatic hydroxyl groups is 2. The molecular formula is C14H31NO4. The average molecular weight is 277 g/mol. The molecule has 0 rings (SSSR count). The lowest BCUT2D eigenvalue weighted by Crippen LogP contribution is -2.38. The van der Waals surface area contributed by atoms with E-state index in [0.29, 0.717) is 25.6 Å². The molecule has 0 aromatic carbocycles. The molecular weight excluding hydrogens is 246 g/mol. The van der Waals surface area contributed by atoms with Crippen molar-refractivity contribution < 1.29 is 19.7 Å². The number of methoxy groups -OCH3 is 1. The van der Waals surface area contributed by atoms with Crippen LogP contribution >= 0.6 is 0 Å².